The van der Waals surface area contributed by atoms with Gasteiger partial charge in [0.1, 0.15) is 6.61 Å². The molecule has 0 aromatic carbocycles. The molecule has 1 N–H and O–H groups in total. The molecule has 0 bridgehead atoms. The maximum Gasteiger partial charge on any atom is 0.410 e. The van der Waals surface area contributed by atoms with Gasteiger partial charge in [0.15, 0.2) is 0 Å². The summed E-state index contributed by atoms with van der Waals surface area (Å²) in [5.74, 6) is -0.973. The van der Waals surface area contributed by atoms with Gasteiger partial charge in [-0.3, -0.25) is 9.69 Å². The molecular weight excluding hydrogens is 224 g/mol. The highest BCUT2D eigenvalue weighted by atomic mass is 16.6. The molecule has 0 unspecified atom stereocenters. The van der Waals surface area contributed by atoms with Crippen molar-refractivity contribution >= 4 is 12.1 Å². The van der Waals surface area contributed by atoms with Crippen LogP contribution in [0.15, 0.2) is 12.7 Å². The summed E-state index contributed by atoms with van der Waals surface area (Å²) in [5.41, 5.74) is 0. The molecule has 6 nitrogen and oxygen atoms in total. The quantitative estimate of drug-likeness (QED) is 0.701. The van der Waals surface area contributed by atoms with Crippen LogP contribution in [0.2, 0.25) is 0 Å². The van der Waals surface area contributed by atoms with Gasteiger partial charge >= 0.3 is 12.1 Å². The normalized spacial score (nSPS) is 21.5. The van der Waals surface area contributed by atoms with Gasteiger partial charge in [-0.05, 0) is 0 Å². The fourth-order valence-corrected chi connectivity index (χ4v) is 2.02. The zero-order valence-corrected chi connectivity index (χ0v) is 9.54. The van der Waals surface area contributed by atoms with Crippen LogP contribution in [-0.2, 0) is 9.53 Å². The van der Waals surface area contributed by atoms with E-state index in [0.717, 1.165) is 0 Å². The summed E-state index contributed by atoms with van der Waals surface area (Å²) in [6, 6.07) is 0.293. The molecule has 0 aliphatic carbocycles. The van der Waals surface area contributed by atoms with E-state index < -0.39 is 5.97 Å². The van der Waals surface area contributed by atoms with Crippen LogP contribution < -0.4 is 0 Å². The smallest absolute Gasteiger partial charge is 0.410 e. The molecule has 0 aromatic heterocycles. The zero-order chi connectivity index (χ0) is 12.4. The molecule has 0 saturated carbocycles. The summed E-state index contributed by atoms with van der Waals surface area (Å²) in [6.45, 7) is 6.13. The van der Waals surface area contributed by atoms with Crippen molar-refractivity contribution in [2.45, 2.75) is 6.04 Å². The van der Waals surface area contributed by atoms with Gasteiger partial charge in [0.25, 0.3) is 0 Å². The van der Waals surface area contributed by atoms with Crippen LogP contribution in [0.3, 0.4) is 0 Å². The van der Waals surface area contributed by atoms with Crippen molar-refractivity contribution in [2.75, 3.05) is 32.8 Å². The Hall–Kier alpha value is -1.56. The number of carboxylic acids is 1. The van der Waals surface area contributed by atoms with Crippen LogP contribution in [0.4, 0.5) is 4.79 Å². The van der Waals surface area contributed by atoms with Gasteiger partial charge in [-0.2, -0.15) is 0 Å². The molecule has 0 aromatic rings. The predicted octanol–water partition coefficient (Wildman–Crippen LogP) is 0.00960. The third-order valence-corrected chi connectivity index (χ3v) is 3.22. The minimum atomic E-state index is -0.733. The molecule has 2 saturated heterocycles. The Labute approximate surface area is 99.4 Å². The number of nitrogens with zero attached hydrogens (tertiary/aromatic N) is 2. The van der Waals surface area contributed by atoms with E-state index in [1.165, 1.54) is 6.08 Å². The molecule has 6 heteroatoms. The highest BCUT2D eigenvalue weighted by Crippen LogP contribution is 2.24. The summed E-state index contributed by atoms with van der Waals surface area (Å²) in [7, 11) is 0. The number of carbonyl (C=O) groups is 2. The van der Waals surface area contributed by atoms with Crippen LogP contribution in [0.5, 0.6) is 0 Å². The van der Waals surface area contributed by atoms with Gasteiger partial charge in [0.05, 0.1) is 5.92 Å². The highest BCUT2D eigenvalue weighted by Gasteiger charge is 2.43. The van der Waals surface area contributed by atoms with E-state index >= 15 is 0 Å². The summed E-state index contributed by atoms with van der Waals surface area (Å²) < 4.78 is 4.89. The van der Waals surface area contributed by atoms with E-state index in [9.17, 15) is 9.59 Å². The number of rotatable bonds is 4. The molecule has 2 fully saturated rings. The van der Waals surface area contributed by atoms with Crippen molar-refractivity contribution in [1.29, 1.82) is 0 Å². The number of carbonyl (C=O) groups excluding carboxylic acids is 1. The predicted molar refractivity (Wildman–Crippen MR) is 59.6 cm³/mol. The Morgan fingerprint density at radius 2 is 2.00 bits per heavy atom. The number of hydrogen-bond donors (Lipinski definition) is 1. The number of ether oxygens (including phenoxy) is 1. The molecule has 17 heavy (non-hydrogen) atoms. The minimum absolute atomic E-state index is 0.227. The monoisotopic (exact) mass is 240 g/mol. The van der Waals surface area contributed by atoms with Gasteiger partial charge in [-0.15, -0.1) is 0 Å². The van der Waals surface area contributed by atoms with Gasteiger partial charge in [-0.25, -0.2) is 4.79 Å². The number of hydrogen-bond acceptors (Lipinski definition) is 4. The van der Waals surface area contributed by atoms with E-state index in [1.807, 2.05) is 0 Å². The van der Waals surface area contributed by atoms with Crippen LogP contribution >= 0.6 is 0 Å². The Kier molecular flexibility index (Phi) is 3.33. The maximum atomic E-state index is 11.4. The molecule has 0 radical (unpaired) electrons. The third kappa shape index (κ3) is 2.41. The molecule has 0 atom stereocenters. The lowest BCUT2D eigenvalue weighted by atomic mass is 9.95. The van der Waals surface area contributed by atoms with Gasteiger partial charge in [-0.1, -0.05) is 12.7 Å². The van der Waals surface area contributed by atoms with E-state index in [2.05, 4.69) is 11.5 Å². The number of aliphatic carboxylic acids is 1. The maximum absolute atomic E-state index is 11.4. The van der Waals surface area contributed by atoms with Crippen LogP contribution in [-0.4, -0.2) is 65.8 Å². The average molecular weight is 240 g/mol. The van der Waals surface area contributed by atoms with Crippen LogP contribution in [0.25, 0.3) is 0 Å². The fourth-order valence-electron chi connectivity index (χ4n) is 2.02. The molecule has 2 aliphatic rings. The van der Waals surface area contributed by atoms with Crippen LogP contribution in [0, 0.1) is 5.92 Å². The largest absolute Gasteiger partial charge is 0.481 e. The third-order valence-electron chi connectivity index (χ3n) is 3.22. The Morgan fingerprint density at radius 3 is 2.53 bits per heavy atom. The Bertz CT molecular complexity index is 332. The number of likely N-dealkylation sites (tertiary alicyclic amines) is 2. The Morgan fingerprint density at radius 1 is 1.35 bits per heavy atom. The van der Waals surface area contributed by atoms with Crippen molar-refractivity contribution in [3.05, 3.63) is 12.7 Å². The molecule has 2 heterocycles. The summed E-state index contributed by atoms with van der Waals surface area (Å²) in [5, 5.41) is 8.74. The minimum Gasteiger partial charge on any atom is -0.481 e. The van der Waals surface area contributed by atoms with Crippen molar-refractivity contribution in [3.63, 3.8) is 0 Å². The summed E-state index contributed by atoms with van der Waals surface area (Å²) in [4.78, 5) is 25.7. The average Bonchev–Trinajstić information content (AvgIpc) is 2.14. The Balaban J connectivity index is 1.65. The second-order valence-corrected chi connectivity index (χ2v) is 4.41. The highest BCUT2D eigenvalue weighted by molar-refractivity contribution is 5.72. The lowest BCUT2D eigenvalue weighted by Crippen LogP contribution is -2.67. The molecular formula is C11H16N2O4. The van der Waals surface area contributed by atoms with Crippen molar-refractivity contribution in [1.82, 2.24) is 9.80 Å². The topological polar surface area (TPSA) is 70.1 Å². The molecule has 0 spiro atoms. The number of carboxylic acid groups (broad SMARTS) is 1. The van der Waals surface area contributed by atoms with Crippen molar-refractivity contribution in [2.24, 2.45) is 5.92 Å². The van der Waals surface area contributed by atoms with E-state index in [1.54, 1.807) is 4.90 Å². The fraction of sp³-hybridized carbons (Fsp3) is 0.636. The van der Waals surface area contributed by atoms with Crippen molar-refractivity contribution < 1.29 is 19.4 Å². The first kappa shape index (κ1) is 11.9. The lowest BCUT2D eigenvalue weighted by Gasteiger charge is -2.50. The zero-order valence-electron chi connectivity index (χ0n) is 9.54. The van der Waals surface area contributed by atoms with Crippen molar-refractivity contribution in [3.8, 4) is 0 Å². The van der Waals surface area contributed by atoms with Gasteiger partial charge < -0.3 is 14.7 Å². The first-order valence-corrected chi connectivity index (χ1v) is 5.61. The van der Waals surface area contributed by atoms with E-state index in [0.29, 0.717) is 32.2 Å². The standard InChI is InChI=1S/C11H16N2O4/c1-2-3-17-11(16)13-6-9(7-13)12-4-8(5-12)10(14)15/h2,8-9H,1,3-7H2,(H,14,15). The van der Waals surface area contributed by atoms with Gasteiger partial charge in [0.2, 0.25) is 0 Å². The van der Waals surface area contributed by atoms with Crippen LogP contribution in [0.1, 0.15) is 0 Å². The second kappa shape index (κ2) is 4.75. The van der Waals surface area contributed by atoms with E-state index in [-0.39, 0.29) is 18.6 Å². The molecule has 2 aliphatic heterocycles. The van der Waals surface area contributed by atoms with Gasteiger partial charge in [0, 0.05) is 32.2 Å². The first-order valence-electron chi connectivity index (χ1n) is 5.61. The number of amides is 1. The lowest BCUT2D eigenvalue weighted by molar-refractivity contribution is -0.150. The SMILES string of the molecule is C=CCOC(=O)N1CC(N2CC(C(=O)O)C2)C1. The summed E-state index contributed by atoms with van der Waals surface area (Å²) >= 11 is 0. The molecule has 1 amide bonds. The summed E-state index contributed by atoms with van der Waals surface area (Å²) in [6.07, 6.45) is 1.21. The molecule has 2 rings (SSSR count). The molecule has 94 valence electrons. The first-order chi connectivity index (χ1) is 8.11. The van der Waals surface area contributed by atoms with E-state index in [4.69, 9.17) is 9.84 Å². The second-order valence-electron chi connectivity index (χ2n) is 4.41.